The van der Waals surface area contributed by atoms with Gasteiger partial charge < -0.3 is 10.3 Å². The lowest BCUT2D eigenvalue weighted by molar-refractivity contribution is 0.628. The molecule has 0 atom stereocenters. The Morgan fingerprint density at radius 1 is 1.18 bits per heavy atom. The van der Waals surface area contributed by atoms with Crippen molar-refractivity contribution in [2.24, 2.45) is 0 Å². The molecule has 22 heavy (non-hydrogen) atoms. The highest BCUT2D eigenvalue weighted by molar-refractivity contribution is 6.30. The van der Waals surface area contributed by atoms with Gasteiger partial charge in [-0.05, 0) is 39.0 Å². The maximum absolute atomic E-state index is 12.2. The number of nitrogens with one attached hydrogen (secondary N) is 2. The summed E-state index contributed by atoms with van der Waals surface area (Å²) in [5.41, 5.74) is 1.79. The van der Waals surface area contributed by atoms with E-state index < -0.39 is 0 Å². The molecule has 0 aliphatic heterocycles. The van der Waals surface area contributed by atoms with E-state index in [9.17, 15) is 4.79 Å². The van der Waals surface area contributed by atoms with Crippen molar-refractivity contribution in [1.82, 2.24) is 14.4 Å². The first-order valence-corrected chi connectivity index (χ1v) is 7.37. The highest BCUT2D eigenvalue weighted by Gasteiger charge is 2.20. The van der Waals surface area contributed by atoms with Crippen molar-refractivity contribution in [3.63, 3.8) is 0 Å². The Labute approximate surface area is 133 Å². The van der Waals surface area contributed by atoms with Crippen LogP contribution in [-0.2, 0) is 0 Å². The molecule has 0 radical (unpaired) electrons. The lowest BCUT2D eigenvalue weighted by Gasteiger charge is -2.22. The largest absolute Gasteiger partial charge is 0.365 e. The highest BCUT2D eigenvalue weighted by Crippen LogP contribution is 2.30. The van der Waals surface area contributed by atoms with Gasteiger partial charge in [0.25, 0.3) is 0 Å². The van der Waals surface area contributed by atoms with E-state index in [-0.39, 0.29) is 11.2 Å². The average Bonchev–Trinajstić information content (AvgIpc) is 2.78. The number of hydrogen-bond donors (Lipinski definition) is 2. The summed E-state index contributed by atoms with van der Waals surface area (Å²) in [6.07, 6.45) is 1.59. The number of nitrogens with zero attached hydrogens (tertiary/aromatic N) is 2. The first kappa shape index (κ1) is 14.7. The van der Waals surface area contributed by atoms with Gasteiger partial charge in [0.15, 0.2) is 0 Å². The minimum atomic E-state index is -0.225. The predicted molar refractivity (Wildman–Crippen MR) is 89.6 cm³/mol. The van der Waals surface area contributed by atoms with Crippen molar-refractivity contribution in [2.75, 3.05) is 5.32 Å². The van der Waals surface area contributed by atoms with Crippen LogP contribution in [0.4, 0.5) is 5.82 Å². The Bertz CT molecular complexity index is 872. The Hall–Kier alpha value is -2.27. The molecule has 2 N–H and O–H groups in total. The van der Waals surface area contributed by atoms with Crippen molar-refractivity contribution in [2.45, 2.75) is 26.3 Å². The van der Waals surface area contributed by atoms with Crippen molar-refractivity contribution in [3.05, 3.63) is 52.0 Å². The maximum Gasteiger partial charge on any atom is 0.332 e. The summed E-state index contributed by atoms with van der Waals surface area (Å²) in [4.78, 5) is 19.5. The number of hydrogen-bond acceptors (Lipinski definition) is 3. The second-order valence-electron chi connectivity index (χ2n) is 6.17. The smallest absolute Gasteiger partial charge is 0.332 e. The van der Waals surface area contributed by atoms with E-state index >= 15 is 0 Å². The zero-order chi connectivity index (χ0) is 15.9. The molecule has 0 aliphatic carbocycles. The Morgan fingerprint density at radius 3 is 2.50 bits per heavy atom. The molecule has 2 aromatic heterocycles. The summed E-state index contributed by atoms with van der Waals surface area (Å²) in [5.74, 6) is 0.673. The van der Waals surface area contributed by atoms with Crippen LogP contribution in [-0.4, -0.2) is 19.9 Å². The van der Waals surface area contributed by atoms with E-state index in [0.29, 0.717) is 16.5 Å². The van der Waals surface area contributed by atoms with Gasteiger partial charge in [-0.1, -0.05) is 23.7 Å². The summed E-state index contributed by atoms with van der Waals surface area (Å²) in [6, 6.07) is 9.19. The highest BCUT2D eigenvalue weighted by atomic mass is 35.5. The molecular formula is C16H17ClN4O. The van der Waals surface area contributed by atoms with Crippen LogP contribution < -0.4 is 11.0 Å². The van der Waals surface area contributed by atoms with E-state index in [2.05, 4.69) is 15.3 Å². The molecule has 0 amide bonds. The number of fused-ring (bicyclic) bond motifs is 1. The minimum absolute atomic E-state index is 0.209. The number of imidazole rings is 1. The first-order chi connectivity index (χ1) is 10.3. The van der Waals surface area contributed by atoms with E-state index in [1.807, 2.05) is 45.0 Å². The molecule has 0 saturated carbocycles. The van der Waals surface area contributed by atoms with Gasteiger partial charge in [0.05, 0.1) is 0 Å². The van der Waals surface area contributed by atoms with Gasteiger partial charge in [-0.15, -0.1) is 0 Å². The van der Waals surface area contributed by atoms with Gasteiger partial charge in [-0.25, -0.2) is 14.2 Å². The zero-order valence-electron chi connectivity index (χ0n) is 12.6. The van der Waals surface area contributed by atoms with Crippen LogP contribution >= 0.6 is 11.6 Å². The fraction of sp³-hybridized carbons (Fsp3) is 0.250. The van der Waals surface area contributed by atoms with Crippen LogP contribution in [0.5, 0.6) is 0 Å². The average molecular weight is 317 g/mol. The van der Waals surface area contributed by atoms with Crippen molar-refractivity contribution < 1.29 is 0 Å². The van der Waals surface area contributed by atoms with Crippen molar-refractivity contribution >= 4 is 23.1 Å². The SMILES string of the molecule is CC(C)(C)Nc1c(-c2ccc(Cl)cc2)nc2cc[nH]c(=O)n12. The number of halogens is 1. The van der Waals surface area contributed by atoms with Gasteiger partial charge >= 0.3 is 5.69 Å². The van der Waals surface area contributed by atoms with E-state index in [1.54, 1.807) is 16.7 Å². The lowest BCUT2D eigenvalue weighted by atomic mass is 10.1. The first-order valence-electron chi connectivity index (χ1n) is 6.99. The zero-order valence-corrected chi connectivity index (χ0v) is 13.4. The molecule has 114 valence electrons. The minimum Gasteiger partial charge on any atom is -0.365 e. The standard InChI is InChI=1S/C16H17ClN4O/c1-16(2,3)20-14-13(10-4-6-11(17)7-5-10)19-12-8-9-18-15(22)21(12)14/h4-9,20H,1-3H3,(H,18,22). The van der Waals surface area contributed by atoms with Crippen LogP contribution in [0.2, 0.25) is 5.02 Å². The number of rotatable bonds is 2. The van der Waals surface area contributed by atoms with Gasteiger partial charge in [-0.3, -0.25) is 0 Å². The molecule has 0 aliphatic rings. The van der Waals surface area contributed by atoms with Crippen molar-refractivity contribution in [1.29, 1.82) is 0 Å². The summed E-state index contributed by atoms with van der Waals surface area (Å²) in [7, 11) is 0. The molecular weight excluding hydrogens is 300 g/mol. The van der Waals surface area contributed by atoms with Gasteiger partial charge in [0, 0.05) is 22.3 Å². The molecule has 0 unspecified atom stereocenters. The quantitative estimate of drug-likeness (QED) is 0.760. The number of aromatic nitrogens is 3. The Morgan fingerprint density at radius 2 is 1.86 bits per heavy atom. The Kier molecular flexibility index (Phi) is 3.45. The number of anilines is 1. The molecule has 0 spiro atoms. The second kappa shape index (κ2) is 5.18. The molecule has 0 saturated heterocycles. The number of H-pyrrole nitrogens is 1. The van der Waals surface area contributed by atoms with Gasteiger partial charge in [-0.2, -0.15) is 0 Å². The second-order valence-corrected chi connectivity index (χ2v) is 6.60. The van der Waals surface area contributed by atoms with Gasteiger partial charge in [0.2, 0.25) is 0 Å². The number of benzene rings is 1. The monoisotopic (exact) mass is 316 g/mol. The predicted octanol–water partition coefficient (Wildman–Crippen LogP) is 3.55. The molecule has 3 aromatic rings. The molecule has 3 rings (SSSR count). The molecule has 0 fully saturated rings. The third-order valence-electron chi connectivity index (χ3n) is 3.16. The van der Waals surface area contributed by atoms with E-state index in [0.717, 1.165) is 11.3 Å². The normalized spacial score (nSPS) is 11.8. The van der Waals surface area contributed by atoms with Gasteiger partial charge in [0.1, 0.15) is 17.2 Å². The molecule has 0 bridgehead atoms. The molecule has 6 heteroatoms. The topological polar surface area (TPSA) is 62.2 Å². The summed E-state index contributed by atoms with van der Waals surface area (Å²) >= 11 is 5.95. The third kappa shape index (κ3) is 2.72. The van der Waals surface area contributed by atoms with E-state index in [4.69, 9.17) is 11.6 Å². The fourth-order valence-corrected chi connectivity index (χ4v) is 2.41. The lowest BCUT2D eigenvalue weighted by Crippen LogP contribution is -2.29. The summed E-state index contributed by atoms with van der Waals surface area (Å²) < 4.78 is 1.55. The summed E-state index contributed by atoms with van der Waals surface area (Å²) in [5, 5.41) is 4.04. The van der Waals surface area contributed by atoms with Crippen LogP contribution in [0.15, 0.2) is 41.3 Å². The number of aromatic amines is 1. The van der Waals surface area contributed by atoms with Crippen LogP contribution in [0, 0.1) is 0 Å². The summed E-state index contributed by atoms with van der Waals surface area (Å²) in [6.45, 7) is 6.11. The third-order valence-corrected chi connectivity index (χ3v) is 3.41. The van der Waals surface area contributed by atoms with Crippen LogP contribution in [0.1, 0.15) is 20.8 Å². The Balaban J connectivity index is 2.29. The van der Waals surface area contributed by atoms with Crippen LogP contribution in [0.25, 0.3) is 16.9 Å². The molecule has 1 aromatic carbocycles. The maximum atomic E-state index is 12.2. The van der Waals surface area contributed by atoms with Crippen LogP contribution in [0.3, 0.4) is 0 Å². The fourth-order valence-electron chi connectivity index (χ4n) is 2.29. The molecule has 5 nitrogen and oxygen atoms in total. The van der Waals surface area contributed by atoms with E-state index in [1.165, 1.54) is 0 Å². The van der Waals surface area contributed by atoms with Crippen molar-refractivity contribution in [3.8, 4) is 11.3 Å². The molecule has 2 heterocycles.